The van der Waals surface area contributed by atoms with Crippen molar-refractivity contribution >= 4 is 21.8 Å². The highest BCUT2D eigenvalue weighted by Crippen LogP contribution is 2.21. The first-order chi connectivity index (χ1) is 8.50. The Balaban J connectivity index is 2.36. The molecule has 0 heterocycles. The van der Waals surface area contributed by atoms with E-state index < -0.39 is 0 Å². The Labute approximate surface area is 116 Å². The van der Waals surface area contributed by atoms with Crippen LogP contribution in [-0.2, 0) is 0 Å². The van der Waals surface area contributed by atoms with Gasteiger partial charge in [0.15, 0.2) is 0 Å². The molecule has 5 heteroatoms. The minimum Gasteiger partial charge on any atom is -0.507 e. The zero-order valence-corrected chi connectivity index (χ0v) is 12.3. The number of hydrogen-bond donors (Lipinski definition) is 2. The molecule has 1 aromatic carbocycles. The number of amides is 1. The Kier molecular flexibility index (Phi) is 6.15. The fourth-order valence-corrected chi connectivity index (χ4v) is 1.90. The molecule has 1 amide bonds. The van der Waals surface area contributed by atoms with Crippen LogP contribution in [0.5, 0.6) is 5.75 Å². The largest absolute Gasteiger partial charge is 0.507 e. The molecule has 0 radical (unpaired) electrons. The van der Waals surface area contributed by atoms with E-state index in [0.717, 1.165) is 23.9 Å². The molecule has 1 rings (SSSR count). The molecule has 0 aliphatic heterocycles. The summed E-state index contributed by atoms with van der Waals surface area (Å²) in [6.07, 6.45) is 1.97. The summed E-state index contributed by atoms with van der Waals surface area (Å²) in [6.45, 7) is 1.64. The number of nitrogens with one attached hydrogen (secondary N) is 1. The standard InChI is InChI=1S/C13H19BrN2O2/c1-16(2)8-4-3-7-15-13(18)11-6-5-10(14)9-12(11)17/h5-6,9,17H,3-4,7-8H2,1-2H3,(H,15,18). The Morgan fingerprint density at radius 3 is 2.72 bits per heavy atom. The molecular weight excluding hydrogens is 296 g/mol. The molecule has 100 valence electrons. The molecule has 0 spiro atoms. The van der Waals surface area contributed by atoms with Crippen molar-refractivity contribution in [1.82, 2.24) is 10.2 Å². The fraction of sp³-hybridized carbons (Fsp3) is 0.462. The SMILES string of the molecule is CN(C)CCCCNC(=O)c1ccc(Br)cc1O. The van der Waals surface area contributed by atoms with Crippen LogP contribution in [-0.4, -0.2) is 43.1 Å². The lowest BCUT2D eigenvalue weighted by molar-refractivity contribution is 0.0950. The van der Waals surface area contributed by atoms with Gasteiger partial charge in [0.2, 0.25) is 0 Å². The van der Waals surface area contributed by atoms with Crippen LogP contribution in [0, 0.1) is 0 Å². The molecule has 0 atom stereocenters. The predicted molar refractivity (Wildman–Crippen MR) is 75.9 cm³/mol. The molecule has 0 saturated carbocycles. The predicted octanol–water partition coefficient (Wildman–Crippen LogP) is 2.23. The topological polar surface area (TPSA) is 52.6 Å². The number of benzene rings is 1. The van der Waals surface area contributed by atoms with E-state index in [9.17, 15) is 9.90 Å². The van der Waals surface area contributed by atoms with Gasteiger partial charge in [0.1, 0.15) is 5.75 Å². The summed E-state index contributed by atoms with van der Waals surface area (Å²) in [7, 11) is 4.05. The number of carbonyl (C=O) groups excluding carboxylic acids is 1. The second kappa shape index (κ2) is 7.38. The molecular formula is C13H19BrN2O2. The van der Waals surface area contributed by atoms with Gasteiger partial charge >= 0.3 is 0 Å². The Bertz CT molecular complexity index is 408. The van der Waals surface area contributed by atoms with Crippen molar-refractivity contribution in [3.05, 3.63) is 28.2 Å². The van der Waals surface area contributed by atoms with Gasteiger partial charge in [-0.25, -0.2) is 0 Å². The smallest absolute Gasteiger partial charge is 0.255 e. The van der Waals surface area contributed by atoms with Crippen LogP contribution in [0.15, 0.2) is 22.7 Å². The lowest BCUT2D eigenvalue weighted by atomic mass is 10.2. The summed E-state index contributed by atoms with van der Waals surface area (Å²) in [5.74, 6) is -0.236. The number of aromatic hydroxyl groups is 1. The summed E-state index contributed by atoms with van der Waals surface area (Å²) in [6, 6.07) is 4.86. The van der Waals surface area contributed by atoms with Crippen molar-refractivity contribution in [2.75, 3.05) is 27.2 Å². The van der Waals surface area contributed by atoms with E-state index in [1.807, 2.05) is 14.1 Å². The van der Waals surface area contributed by atoms with Gasteiger partial charge in [0.05, 0.1) is 5.56 Å². The van der Waals surface area contributed by atoms with Crippen molar-refractivity contribution in [2.24, 2.45) is 0 Å². The normalized spacial score (nSPS) is 10.7. The first-order valence-corrected chi connectivity index (χ1v) is 6.71. The fourth-order valence-electron chi connectivity index (χ4n) is 1.55. The second-order valence-electron chi connectivity index (χ2n) is 4.43. The molecule has 0 fully saturated rings. The van der Waals surface area contributed by atoms with Crippen molar-refractivity contribution in [1.29, 1.82) is 0 Å². The summed E-state index contributed by atoms with van der Waals surface area (Å²) in [5.41, 5.74) is 0.311. The van der Waals surface area contributed by atoms with E-state index >= 15 is 0 Å². The Morgan fingerprint density at radius 1 is 1.39 bits per heavy atom. The number of unbranched alkanes of at least 4 members (excludes halogenated alkanes) is 1. The molecule has 2 N–H and O–H groups in total. The van der Waals surface area contributed by atoms with Crippen LogP contribution in [0.1, 0.15) is 23.2 Å². The molecule has 1 aromatic rings. The van der Waals surface area contributed by atoms with Crippen molar-refractivity contribution < 1.29 is 9.90 Å². The maximum absolute atomic E-state index is 11.8. The number of nitrogens with zero attached hydrogens (tertiary/aromatic N) is 1. The number of halogens is 1. The Morgan fingerprint density at radius 2 is 2.11 bits per heavy atom. The molecule has 0 aliphatic rings. The zero-order chi connectivity index (χ0) is 13.5. The van der Waals surface area contributed by atoms with E-state index in [1.165, 1.54) is 6.07 Å². The molecule has 0 saturated heterocycles. The highest BCUT2D eigenvalue weighted by Gasteiger charge is 2.10. The van der Waals surface area contributed by atoms with Gasteiger partial charge in [-0.1, -0.05) is 15.9 Å². The van der Waals surface area contributed by atoms with Gasteiger partial charge in [-0.05, 0) is 51.7 Å². The van der Waals surface area contributed by atoms with Gasteiger partial charge in [-0.2, -0.15) is 0 Å². The minimum atomic E-state index is -0.232. The number of hydrogen-bond acceptors (Lipinski definition) is 3. The van der Waals surface area contributed by atoms with Gasteiger partial charge in [-0.15, -0.1) is 0 Å². The average Bonchev–Trinajstić information content (AvgIpc) is 2.27. The van der Waals surface area contributed by atoms with Crippen molar-refractivity contribution in [2.45, 2.75) is 12.8 Å². The van der Waals surface area contributed by atoms with Crippen LogP contribution in [0.4, 0.5) is 0 Å². The Hall–Kier alpha value is -1.07. The molecule has 0 unspecified atom stereocenters. The molecule has 0 aromatic heterocycles. The molecule has 18 heavy (non-hydrogen) atoms. The first kappa shape index (κ1) is 15.0. The van der Waals surface area contributed by atoms with E-state index in [2.05, 4.69) is 26.1 Å². The number of phenols is 1. The molecule has 0 bridgehead atoms. The van der Waals surface area contributed by atoms with Gasteiger partial charge in [-0.3, -0.25) is 4.79 Å². The number of rotatable bonds is 6. The summed E-state index contributed by atoms with van der Waals surface area (Å²) >= 11 is 3.24. The van der Waals surface area contributed by atoms with Gasteiger partial charge < -0.3 is 15.3 Å². The summed E-state index contributed by atoms with van der Waals surface area (Å²) in [4.78, 5) is 13.9. The highest BCUT2D eigenvalue weighted by molar-refractivity contribution is 9.10. The van der Waals surface area contributed by atoms with E-state index in [0.29, 0.717) is 12.1 Å². The third-order valence-corrected chi connectivity index (χ3v) is 3.02. The minimum absolute atomic E-state index is 0.00448. The van der Waals surface area contributed by atoms with Crippen LogP contribution in [0.25, 0.3) is 0 Å². The van der Waals surface area contributed by atoms with Crippen molar-refractivity contribution in [3.63, 3.8) is 0 Å². The number of carbonyl (C=O) groups is 1. The molecule has 4 nitrogen and oxygen atoms in total. The lowest BCUT2D eigenvalue weighted by Gasteiger charge is -2.10. The zero-order valence-electron chi connectivity index (χ0n) is 10.7. The van der Waals surface area contributed by atoms with Crippen LogP contribution in [0.2, 0.25) is 0 Å². The average molecular weight is 315 g/mol. The quantitative estimate of drug-likeness (QED) is 0.792. The van der Waals surface area contributed by atoms with Gasteiger partial charge in [0.25, 0.3) is 5.91 Å². The summed E-state index contributed by atoms with van der Waals surface area (Å²) < 4.78 is 0.752. The van der Waals surface area contributed by atoms with E-state index in [1.54, 1.807) is 12.1 Å². The van der Waals surface area contributed by atoms with E-state index in [4.69, 9.17) is 0 Å². The third-order valence-electron chi connectivity index (χ3n) is 2.52. The van der Waals surface area contributed by atoms with Crippen LogP contribution >= 0.6 is 15.9 Å². The van der Waals surface area contributed by atoms with E-state index in [-0.39, 0.29) is 11.7 Å². The maximum Gasteiger partial charge on any atom is 0.255 e. The second-order valence-corrected chi connectivity index (χ2v) is 5.34. The molecule has 0 aliphatic carbocycles. The monoisotopic (exact) mass is 314 g/mol. The van der Waals surface area contributed by atoms with Crippen molar-refractivity contribution in [3.8, 4) is 5.75 Å². The maximum atomic E-state index is 11.8. The third kappa shape index (κ3) is 5.06. The van der Waals surface area contributed by atoms with Crippen LogP contribution < -0.4 is 5.32 Å². The van der Waals surface area contributed by atoms with Crippen LogP contribution in [0.3, 0.4) is 0 Å². The lowest BCUT2D eigenvalue weighted by Crippen LogP contribution is -2.25. The number of phenolic OH excluding ortho intramolecular Hbond substituents is 1. The first-order valence-electron chi connectivity index (χ1n) is 5.92. The highest BCUT2D eigenvalue weighted by atomic mass is 79.9. The summed E-state index contributed by atoms with van der Waals surface area (Å²) in [5, 5.41) is 12.4. The van der Waals surface area contributed by atoms with Gasteiger partial charge in [0, 0.05) is 11.0 Å².